The Morgan fingerprint density at radius 1 is 1.06 bits per heavy atom. The van der Waals surface area contributed by atoms with E-state index in [1.165, 1.54) is 17.3 Å². The molecule has 0 saturated heterocycles. The normalized spacial score (nSPS) is 16.9. The molecule has 2 aromatic carbocycles. The fraction of sp³-hybridized carbons (Fsp3) is 0.308. The van der Waals surface area contributed by atoms with Gasteiger partial charge in [-0.25, -0.2) is 4.68 Å². The quantitative estimate of drug-likeness (QED) is 0.378. The number of carbonyl (C=O) groups excluding carboxylic acids is 1. The van der Waals surface area contributed by atoms with Crippen molar-refractivity contribution in [2.24, 2.45) is 7.05 Å². The highest BCUT2D eigenvalue weighted by molar-refractivity contribution is 7.99. The maximum atomic E-state index is 13.0. The van der Waals surface area contributed by atoms with Gasteiger partial charge >= 0.3 is 0 Å². The number of hydrogen-bond donors (Lipinski definition) is 1. The lowest BCUT2D eigenvalue weighted by Gasteiger charge is -2.08. The van der Waals surface area contributed by atoms with Gasteiger partial charge in [0, 0.05) is 19.5 Å². The first-order chi connectivity index (χ1) is 17.0. The topological polar surface area (TPSA) is 86.7 Å². The second-order valence-electron chi connectivity index (χ2n) is 8.72. The standard InChI is InChI=1S/C26H28N6O2S/c1-4-31-24(21-15-20(21)18-11-7-5-8-12-18)28-29-26(31)35-16-22(33)27-23-17(2)30(3)32(25(23)34)19-13-9-6-10-14-19/h5-14,20-21H,4,15-16H2,1-3H3,(H,27,33). The minimum Gasteiger partial charge on any atom is -0.319 e. The second kappa shape index (κ2) is 9.58. The van der Waals surface area contributed by atoms with Crippen LogP contribution in [0.3, 0.4) is 0 Å². The number of thioether (sulfide) groups is 1. The van der Waals surface area contributed by atoms with Gasteiger partial charge in [0.1, 0.15) is 11.5 Å². The molecule has 1 aliphatic carbocycles. The minimum atomic E-state index is -0.255. The number of nitrogens with one attached hydrogen (secondary N) is 1. The van der Waals surface area contributed by atoms with Crippen LogP contribution >= 0.6 is 11.8 Å². The van der Waals surface area contributed by atoms with Crippen LogP contribution in [0.25, 0.3) is 5.69 Å². The van der Waals surface area contributed by atoms with Crippen LogP contribution in [0.4, 0.5) is 5.69 Å². The smallest absolute Gasteiger partial charge is 0.295 e. The summed E-state index contributed by atoms with van der Waals surface area (Å²) in [6.07, 6.45) is 1.06. The van der Waals surface area contributed by atoms with Crippen molar-refractivity contribution < 1.29 is 4.79 Å². The Morgan fingerprint density at radius 3 is 2.43 bits per heavy atom. The lowest BCUT2D eigenvalue weighted by atomic mass is 10.1. The third-order valence-corrected chi connectivity index (χ3v) is 7.53. The first kappa shape index (κ1) is 23.2. The molecule has 1 aliphatic rings. The van der Waals surface area contributed by atoms with Crippen molar-refractivity contribution in [1.29, 1.82) is 0 Å². The van der Waals surface area contributed by atoms with Crippen LogP contribution in [-0.4, -0.2) is 35.8 Å². The largest absolute Gasteiger partial charge is 0.319 e. The number of nitrogens with zero attached hydrogens (tertiary/aromatic N) is 5. The first-order valence-corrected chi connectivity index (χ1v) is 12.7. The number of aromatic nitrogens is 5. The van der Waals surface area contributed by atoms with Crippen molar-refractivity contribution in [3.63, 3.8) is 0 Å². The van der Waals surface area contributed by atoms with E-state index in [1.807, 2.05) is 43.3 Å². The highest BCUT2D eigenvalue weighted by Gasteiger charge is 2.43. The zero-order valence-electron chi connectivity index (χ0n) is 20.0. The molecule has 180 valence electrons. The third-order valence-electron chi connectivity index (χ3n) is 6.56. The van der Waals surface area contributed by atoms with Crippen LogP contribution in [-0.2, 0) is 18.4 Å². The first-order valence-electron chi connectivity index (χ1n) is 11.7. The van der Waals surface area contributed by atoms with E-state index in [2.05, 4.69) is 51.3 Å². The summed E-state index contributed by atoms with van der Waals surface area (Å²) in [6.45, 7) is 4.63. The molecule has 35 heavy (non-hydrogen) atoms. The number of anilines is 1. The zero-order valence-corrected chi connectivity index (χ0v) is 20.8. The average Bonchev–Trinajstić information content (AvgIpc) is 3.53. The van der Waals surface area contributed by atoms with E-state index in [1.54, 1.807) is 16.4 Å². The summed E-state index contributed by atoms with van der Waals surface area (Å²) in [6, 6.07) is 19.9. The zero-order chi connectivity index (χ0) is 24.5. The predicted octanol–water partition coefficient (Wildman–Crippen LogP) is 4.10. The Morgan fingerprint density at radius 2 is 1.74 bits per heavy atom. The molecule has 4 aromatic rings. The molecule has 2 aromatic heterocycles. The van der Waals surface area contributed by atoms with Crippen molar-refractivity contribution in [2.75, 3.05) is 11.1 Å². The molecule has 0 bridgehead atoms. The maximum Gasteiger partial charge on any atom is 0.295 e. The number of benzene rings is 2. The molecule has 0 aliphatic heterocycles. The van der Waals surface area contributed by atoms with Gasteiger partial charge in [0.25, 0.3) is 5.56 Å². The molecule has 1 N–H and O–H groups in total. The van der Waals surface area contributed by atoms with Gasteiger partial charge < -0.3 is 9.88 Å². The summed E-state index contributed by atoms with van der Waals surface area (Å²) in [4.78, 5) is 25.8. The molecular formula is C26H28N6O2S. The number of hydrogen-bond acceptors (Lipinski definition) is 5. The summed E-state index contributed by atoms with van der Waals surface area (Å²) >= 11 is 1.34. The lowest BCUT2D eigenvalue weighted by Crippen LogP contribution is -2.23. The average molecular weight is 489 g/mol. The van der Waals surface area contributed by atoms with Crippen LogP contribution in [0.15, 0.2) is 70.6 Å². The number of carbonyl (C=O) groups is 1. The van der Waals surface area contributed by atoms with Crippen molar-refractivity contribution in [1.82, 2.24) is 24.1 Å². The van der Waals surface area contributed by atoms with Crippen LogP contribution in [0.5, 0.6) is 0 Å². The molecule has 1 amide bonds. The molecule has 8 nitrogen and oxygen atoms in total. The van der Waals surface area contributed by atoms with Gasteiger partial charge in [-0.15, -0.1) is 10.2 Å². The molecule has 0 spiro atoms. The Bertz CT molecular complexity index is 1410. The fourth-order valence-corrected chi connectivity index (χ4v) is 5.35. The fourth-order valence-electron chi connectivity index (χ4n) is 4.55. The van der Waals surface area contributed by atoms with Gasteiger partial charge in [-0.3, -0.25) is 14.3 Å². The summed E-state index contributed by atoms with van der Waals surface area (Å²) in [7, 11) is 1.81. The van der Waals surface area contributed by atoms with E-state index < -0.39 is 0 Å². The predicted molar refractivity (Wildman–Crippen MR) is 137 cm³/mol. The van der Waals surface area contributed by atoms with E-state index in [-0.39, 0.29) is 17.2 Å². The minimum absolute atomic E-state index is 0.143. The Hall–Kier alpha value is -3.59. The summed E-state index contributed by atoms with van der Waals surface area (Å²) in [5.41, 5.74) is 2.81. The van der Waals surface area contributed by atoms with Crippen molar-refractivity contribution in [3.8, 4) is 5.69 Å². The third kappa shape index (κ3) is 4.43. The van der Waals surface area contributed by atoms with Crippen LogP contribution in [0.1, 0.15) is 42.3 Å². The van der Waals surface area contributed by atoms with E-state index >= 15 is 0 Å². The van der Waals surface area contributed by atoms with Crippen LogP contribution < -0.4 is 10.9 Å². The number of para-hydroxylation sites is 1. The van der Waals surface area contributed by atoms with Gasteiger partial charge in [-0.05, 0) is 43.9 Å². The molecule has 2 atom stereocenters. The Balaban J connectivity index is 1.27. The highest BCUT2D eigenvalue weighted by atomic mass is 32.2. The highest BCUT2D eigenvalue weighted by Crippen LogP contribution is 2.54. The molecule has 2 unspecified atom stereocenters. The Kier molecular flexibility index (Phi) is 6.34. The molecule has 1 saturated carbocycles. The second-order valence-corrected chi connectivity index (χ2v) is 9.66. The molecule has 1 fully saturated rings. The van der Waals surface area contributed by atoms with Crippen LogP contribution in [0, 0.1) is 6.92 Å². The molecular weight excluding hydrogens is 460 g/mol. The lowest BCUT2D eigenvalue weighted by molar-refractivity contribution is -0.113. The summed E-state index contributed by atoms with van der Waals surface area (Å²) < 4.78 is 5.40. The monoisotopic (exact) mass is 488 g/mol. The van der Waals surface area contributed by atoms with Gasteiger partial charge in [0.2, 0.25) is 5.91 Å². The van der Waals surface area contributed by atoms with Gasteiger partial charge in [0.05, 0.1) is 17.1 Å². The van der Waals surface area contributed by atoms with Gasteiger partial charge in [-0.1, -0.05) is 60.3 Å². The van der Waals surface area contributed by atoms with E-state index in [0.29, 0.717) is 23.2 Å². The van der Waals surface area contributed by atoms with Crippen molar-refractivity contribution >= 4 is 23.4 Å². The van der Waals surface area contributed by atoms with Crippen LogP contribution in [0.2, 0.25) is 0 Å². The molecule has 9 heteroatoms. The van der Waals surface area contributed by atoms with Gasteiger partial charge in [-0.2, -0.15) is 0 Å². The van der Waals surface area contributed by atoms with E-state index in [0.717, 1.165) is 29.6 Å². The van der Waals surface area contributed by atoms with Crippen molar-refractivity contribution in [3.05, 3.63) is 88.1 Å². The SMILES string of the molecule is CCn1c(SCC(=O)Nc2c(C)n(C)n(-c3ccccc3)c2=O)nnc1C1CC1c1ccccc1. The van der Waals surface area contributed by atoms with Crippen molar-refractivity contribution in [2.45, 2.75) is 43.8 Å². The number of rotatable bonds is 8. The maximum absolute atomic E-state index is 13.0. The summed E-state index contributed by atoms with van der Waals surface area (Å²) in [5.74, 6) is 1.70. The molecule has 2 heterocycles. The molecule has 0 radical (unpaired) electrons. The van der Waals surface area contributed by atoms with E-state index in [9.17, 15) is 9.59 Å². The summed E-state index contributed by atoms with van der Waals surface area (Å²) in [5, 5.41) is 12.4. The Labute approximate surface area is 208 Å². The molecule has 5 rings (SSSR count). The van der Waals surface area contributed by atoms with E-state index in [4.69, 9.17) is 0 Å². The van der Waals surface area contributed by atoms with Gasteiger partial charge in [0.15, 0.2) is 5.16 Å². The number of amides is 1.